The van der Waals surface area contributed by atoms with E-state index in [0.29, 0.717) is 0 Å². The summed E-state index contributed by atoms with van der Waals surface area (Å²) in [6.07, 6.45) is 4.46. The molecule has 0 rings (SSSR count). The van der Waals surface area contributed by atoms with Gasteiger partial charge in [0.05, 0.1) is 0 Å². The van der Waals surface area contributed by atoms with Gasteiger partial charge in [0.25, 0.3) is 0 Å². The zero-order valence-corrected chi connectivity index (χ0v) is 11.8. The quantitative estimate of drug-likeness (QED) is 0.362. The van der Waals surface area contributed by atoms with Gasteiger partial charge in [-0.25, -0.2) is 10.5 Å². The van der Waals surface area contributed by atoms with Gasteiger partial charge in [0.1, 0.15) is 0 Å². The minimum absolute atomic E-state index is 0.0348. The topological polar surface area (TPSA) is 58.9 Å². The van der Waals surface area contributed by atoms with Gasteiger partial charge in [0.15, 0.2) is 0 Å². The summed E-state index contributed by atoms with van der Waals surface area (Å²) in [5, 5.41) is 18.5. The molecule has 0 aromatic carbocycles. The van der Waals surface area contributed by atoms with Crippen molar-refractivity contribution in [3.05, 3.63) is 0 Å². The van der Waals surface area contributed by atoms with Gasteiger partial charge in [-0.2, -0.15) is 9.78 Å². The van der Waals surface area contributed by atoms with E-state index in [4.69, 9.17) is 0 Å². The minimum Gasteiger partial charge on any atom is -0.249 e. The van der Waals surface area contributed by atoms with Crippen LogP contribution in [0.3, 0.4) is 0 Å². The third-order valence-electron chi connectivity index (χ3n) is 4.03. The molecule has 0 aliphatic rings. The monoisotopic (exact) mass is 248 g/mol. The Morgan fingerprint density at radius 3 is 1.88 bits per heavy atom. The lowest BCUT2D eigenvalue weighted by Crippen LogP contribution is -2.53. The van der Waals surface area contributed by atoms with E-state index in [9.17, 15) is 10.5 Å². The normalized spacial score (nSPS) is 15.0. The molecule has 0 spiro atoms. The van der Waals surface area contributed by atoms with Crippen molar-refractivity contribution in [1.82, 2.24) is 0 Å². The zero-order valence-electron chi connectivity index (χ0n) is 11.8. The first-order chi connectivity index (χ1) is 7.95. The summed E-state index contributed by atoms with van der Waals surface area (Å²) >= 11 is 0. The lowest BCUT2D eigenvalue weighted by molar-refractivity contribution is -0.527. The van der Waals surface area contributed by atoms with Gasteiger partial charge in [0.2, 0.25) is 5.79 Å². The van der Waals surface area contributed by atoms with E-state index in [1.54, 1.807) is 0 Å². The van der Waals surface area contributed by atoms with Crippen molar-refractivity contribution in [1.29, 1.82) is 0 Å². The summed E-state index contributed by atoms with van der Waals surface area (Å²) in [5.41, 5.74) is -0.467. The molecule has 0 radical (unpaired) electrons. The molecule has 0 aliphatic heterocycles. The third kappa shape index (κ3) is 3.41. The highest BCUT2D eigenvalue weighted by molar-refractivity contribution is 4.90. The first-order valence-corrected chi connectivity index (χ1v) is 6.60. The Hall–Kier alpha value is -0.160. The molecule has 2 N–H and O–H groups in total. The Labute approximate surface area is 105 Å². The molecule has 4 heteroatoms. The van der Waals surface area contributed by atoms with Gasteiger partial charge in [-0.15, -0.1) is 0 Å². The van der Waals surface area contributed by atoms with Crippen LogP contribution in [-0.2, 0) is 9.78 Å². The molecule has 0 saturated carbocycles. The van der Waals surface area contributed by atoms with Crippen LogP contribution < -0.4 is 0 Å². The van der Waals surface area contributed by atoms with Crippen LogP contribution in [0.15, 0.2) is 0 Å². The Morgan fingerprint density at radius 2 is 1.59 bits per heavy atom. The van der Waals surface area contributed by atoms with Crippen LogP contribution in [-0.4, -0.2) is 16.3 Å². The molecule has 0 saturated heterocycles. The van der Waals surface area contributed by atoms with Crippen LogP contribution in [0, 0.1) is 11.3 Å². The summed E-state index contributed by atoms with van der Waals surface area (Å²) < 4.78 is 0. The molecule has 0 aliphatic carbocycles. The maximum atomic E-state index is 9.26. The molecule has 0 aromatic rings. The molecule has 1 atom stereocenters. The van der Waals surface area contributed by atoms with E-state index in [-0.39, 0.29) is 5.92 Å². The fraction of sp³-hybridized carbons (Fsp3) is 1.00. The largest absolute Gasteiger partial charge is 0.249 e. The molecule has 0 bridgehead atoms. The second kappa shape index (κ2) is 7.31. The first kappa shape index (κ1) is 16.8. The van der Waals surface area contributed by atoms with Gasteiger partial charge in [-0.3, -0.25) is 0 Å². The smallest absolute Gasteiger partial charge is 0.241 e. The van der Waals surface area contributed by atoms with Crippen LogP contribution in [0.25, 0.3) is 0 Å². The highest BCUT2D eigenvalue weighted by Crippen LogP contribution is 2.45. The van der Waals surface area contributed by atoms with Crippen LogP contribution in [0.5, 0.6) is 0 Å². The van der Waals surface area contributed by atoms with E-state index in [1.165, 1.54) is 0 Å². The lowest BCUT2D eigenvalue weighted by Gasteiger charge is -2.45. The summed E-state index contributed by atoms with van der Waals surface area (Å²) in [6, 6.07) is 0. The molecule has 0 aromatic heterocycles. The third-order valence-corrected chi connectivity index (χ3v) is 4.03. The Morgan fingerprint density at radius 1 is 1.06 bits per heavy atom. The predicted molar refractivity (Wildman–Crippen MR) is 67.5 cm³/mol. The molecule has 104 valence electrons. The lowest BCUT2D eigenvalue weighted by atomic mass is 9.72. The molecular weight excluding hydrogens is 220 g/mol. The summed E-state index contributed by atoms with van der Waals surface area (Å²) in [5.74, 6) is -1.38. The second-order valence-corrected chi connectivity index (χ2v) is 5.33. The summed E-state index contributed by atoms with van der Waals surface area (Å²) in [4.78, 5) is 9.24. The minimum atomic E-state index is -1.34. The molecule has 0 amide bonds. The fourth-order valence-corrected chi connectivity index (χ4v) is 2.33. The number of hydrogen-bond acceptors (Lipinski definition) is 4. The van der Waals surface area contributed by atoms with Gasteiger partial charge in [-0.05, 0) is 19.3 Å². The number of unbranched alkanes of at least 4 members (excludes halogenated alkanes) is 1. The molecule has 17 heavy (non-hydrogen) atoms. The van der Waals surface area contributed by atoms with Gasteiger partial charge < -0.3 is 0 Å². The number of rotatable bonds is 9. The van der Waals surface area contributed by atoms with Crippen molar-refractivity contribution in [2.45, 2.75) is 72.5 Å². The van der Waals surface area contributed by atoms with Crippen molar-refractivity contribution in [2.75, 3.05) is 0 Å². The van der Waals surface area contributed by atoms with E-state index in [1.807, 2.05) is 27.7 Å². The van der Waals surface area contributed by atoms with E-state index in [0.717, 1.165) is 32.1 Å². The average Bonchev–Trinajstić information content (AvgIpc) is 2.34. The van der Waals surface area contributed by atoms with Gasteiger partial charge in [-0.1, -0.05) is 47.5 Å². The summed E-state index contributed by atoms with van der Waals surface area (Å²) in [7, 11) is 0. The van der Waals surface area contributed by atoms with Crippen LogP contribution in [0.4, 0.5) is 0 Å². The molecule has 0 heterocycles. The molecule has 1 unspecified atom stereocenters. The maximum Gasteiger partial charge on any atom is 0.241 e. The predicted octanol–water partition coefficient (Wildman–Crippen LogP) is 4.31. The van der Waals surface area contributed by atoms with Crippen molar-refractivity contribution < 1.29 is 20.3 Å². The van der Waals surface area contributed by atoms with Crippen molar-refractivity contribution >= 4 is 0 Å². The van der Waals surface area contributed by atoms with Crippen LogP contribution in [0.1, 0.15) is 66.7 Å². The Bertz CT molecular complexity index is 200. The van der Waals surface area contributed by atoms with Crippen LogP contribution in [0.2, 0.25) is 0 Å². The number of hydrogen-bond donors (Lipinski definition) is 2. The Kier molecular flexibility index (Phi) is 7.24. The SMILES string of the molecule is CCCCC(CC)C(OO)(OO)C(C)(C)CC. The second-order valence-electron chi connectivity index (χ2n) is 5.33. The Balaban J connectivity index is 5.13. The van der Waals surface area contributed by atoms with Crippen molar-refractivity contribution in [2.24, 2.45) is 11.3 Å². The van der Waals surface area contributed by atoms with Crippen molar-refractivity contribution in [3.63, 3.8) is 0 Å². The standard InChI is InChI=1S/C13H28O4/c1-6-9-10-11(7-2)13(16-14,17-15)12(4,5)8-3/h11,14-15H,6-10H2,1-5H3. The van der Waals surface area contributed by atoms with Crippen molar-refractivity contribution in [3.8, 4) is 0 Å². The summed E-state index contributed by atoms with van der Waals surface area (Å²) in [6.45, 7) is 9.96. The maximum absolute atomic E-state index is 9.26. The molecular formula is C13H28O4. The van der Waals surface area contributed by atoms with Gasteiger partial charge >= 0.3 is 0 Å². The molecule has 4 nitrogen and oxygen atoms in total. The van der Waals surface area contributed by atoms with Crippen LogP contribution >= 0.6 is 0 Å². The average molecular weight is 248 g/mol. The fourth-order valence-electron chi connectivity index (χ4n) is 2.33. The zero-order chi connectivity index (χ0) is 13.5. The van der Waals surface area contributed by atoms with E-state index < -0.39 is 11.2 Å². The highest BCUT2D eigenvalue weighted by Gasteiger charge is 2.53. The molecule has 0 fully saturated rings. The van der Waals surface area contributed by atoms with Gasteiger partial charge in [0, 0.05) is 11.3 Å². The van der Waals surface area contributed by atoms with E-state index in [2.05, 4.69) is 16.7 Å². The highest BCUT2D eigenvalue weighted by atomic mass is 17.2. The first-order valence-electron chi connectivity index (χ1n) is 6.60. The van der Waals surface area contributed by atoms with E-state index >= 15 is 0 Å².